The molecule has 0 saturated carbocycles. The van der Waals surface area contributed by atoms with E-state index in [4.69, 9.17) is 9.47 Å². The van der Waals surface area contributed by atoms with Gasteiger partial charge in [0, 0.05) is 10.2 Å². The summed E-state index contributed by atoms with van der Waals surface area (Å²) in [5.74, 6) is -1.02. The SMILES string of the molecule is COc1ccc(NC(=O)[C@@H](C)OC(=O)c2ccc(F)cc2Br)cc1. The van der Waals surface area contributed by atoms with E-state index >= 15 is 0 Å². The third-order valence-corrected chi connectivity index (χ3v) is 3.82. The quantitative estimate of drug-likeness (QED) is 0.782. The number of anilines is 1. The molecular weight excluding hydrogens is 381 g/mol. The first kappa shape index (κ1) is 17.9. The van der Waals surface area contributed by atoms with E-state index in [9.17, 15) is 14.0 Å². The van der Waals surface area contributed by atoms with Crippen LogP contribution in [0.15, 0.2) is 46.9 Å². The van der Waals surface area contributed by atoms with Gasteiger partial charge in [0.15, 0.2) is 6.10 Å². The predicted octanol–water partition coefficient (Wildman–Crippen LogP) is 3.78. The maximum Gasteiger partial charge on any atom is 0.340 e. The fraction of sp³-hybridized carbons (Fsp3) is 0.176. The van der Waals surface area contributed by atoms with E-state index in [0.717, 1.165) is 12.1 Å². The molecule has 0 unspecified atom stereocenters. The molecular formula is C17H15BrFNO4. The van der Waals surface area contributed by atoms with Crippen LogP contribution in [0, 0.1) is 5.82 Å². The second kappa shape index (κ2) is 7.92. The predicted molar refractivity (Wildman–Crippen MR) is 90.6 cm³/mol. The lowest BCUT2D eigenvalue weighted by Crippen LogP contribution is -2.30. The molecule has 2 rings (SSSR count). The summed E-state index contributed by atoms with van der Waals surface area (Å²) >= 11 is 3.09. The number of hydrogen-bond acceptors (Lipinski definition) is 4. The molecule has 0 aliphatic heterocycles. The third kappa shape index (κ3) is 4.55. The van der Waals surface area contributed by atoms with Crippen LogP contribution in [0.5, 0.6) is 5.75 Å². The highest BCUT2D eigenvalue weighted by Crippen LogP contribution is 2.20. The summed E-state index contributed by atoms with van der Waals surface area (Å²) in [5.41, 5.74) is 0.687. The molecule has 1 amide bonds. The number of carbonyl (C=O) groups excluding carboxylic acids is 2. The molecule has 0 heterocycles. The van der Waals surface area contributed by atoms with Crippen molar-refractivity contribution in [3.63, 3.8) is 0 Å². The van der Waals surface area contributed by atoms with E-state index in [1.807, 2.05) is 0 Å². The number of nitrogens with one attached hydrogen (secondary N) is 1. The number of carbonyl (C=O) groups is 2. The standard InChI is InChI=1S/C17H15BrFNO4/c1-10(16(21)20-12-4-6-13(23-2)7-5-12)24-17(22)14-8-3-11(19)9-15(14)18/h3-10H,1-2H3,(H,20,21)/t10-/m1/s1. The lowest BCUT2D eigenvalue weighted by molar-refractivity contribution is -0.123. The number of methoxy groups -OCH3 is 1. The Morgan fingerprint density at radius 3 is 2.42 bits per heavy atom. The normalized spacial score (nSPS) is 11.5. The van der Waals surface area contributed by atoms with Crippen LogP contribution in [0.3, 0.4) is 0 Å². The molecule has 1 atom stereocenters. The van der Waals surface area contributed by atoms with Gasteiger partial charge in [-0.25, -0.2) is 9.18 Å². The topological polar surface area (TPSA) is 64.6 Å². The molecule has 1 N–H and O–H groups in total. The van der Waals surface area contributed by atoms with Crippen molar-refractivity contribution in [3.05, 3.63) is 58.3 Å². The summed E-state index contributed by atoms with van der Waals surface area (Å²) in [6.07, 6.45) is -1.02. The van der Waals surface area contributed by atoms with Gasteiger partial charge in [0.05, 0.1) is 12.7 Å². The lowest BCUT2D eigenvalue weighted by Gasteiger charge is -2.14. The van der Waals surface area contributed by atoms with E-state index < -0.39 is 23.8 Å². The number of amides is 1. The van der Waals surface area contributed by atoms with Crippen LogP contribution >= 0.6 is 15.9 Å². The minimum absolute atomic E-state index is 0.139. The molecule has 0 fully saturated rings. The van der Waals surface area contributed by atoms with Crippen LogP contribution in [0.2, 0.25) is 0 Å². The van der Waals surface area contributed by atoms with Gasteiger partial charge in [-0.15, -0.1) is 0 Å². The molecule has 0 spiro atoms. The van der Waals surface area contributed by atoms with E-state index in [2.05, 4.69) is 21.2 Å². The first-order valence-corrected chi connectivity index (χ1v) is 7.81. The van der Waals surface area contributed by atoms with Gasteiger partial charge in [0.1, 0.15) is 11.6 Å². The number of ether oxygens (including phenoxy) is 2. The zero-order chi connectivity index (χ0) is 17.7. The number of hydrogen-bond donors (Lipinski definition) is 1. The molecule has 126 valence electrons. The molecule has 24 heavy (non-hydrogen) atoms. The van der Waals surface area contributed by atoms with E-state index in [0.29, 0.717) is 11.4 Å². The average Bonchev–Trinajstić information content (AvgIpc) is 2.55. The van der Waals surface area contributed by atoms with Gasteiger partial charge in [-0.1, -0.05) is 0 Å². The summed E-state index contributed by atoms with van der Waals surface area (Å²) in [5, 5.41) is 2.63. The second-order valence-corrected chi connectivity index (χ2v) is 5.74. The maximum atomic E-state index is 13.0. The summed E-state index contributed by atoms with van der Waals surface area (Å²) in [6.45, 7) is 1.45. The van der Waals surface area contributed by atoms with Gasteiger partial charge in [-0.2, -0.15) is 0 Å². The third-order valence-electron chi connectivity index (χ3n) is 3.16. The largest absolute Gasteiger partial charge is 0.497 e. The summed E-state index contributed by atoms with van der Waals surface area (Å²) in [7, 11) is 1.54. The van der Waals surface area contributed by atoms with Crippen molar-refractivity contribution in [2.75, 3.05) is 12.4 Å². The fourth-order valence-corrected chi connectivity index (χ4v) is 2.36. The van der Waals surface area contributed by atoms with Crippen LogP contribution in [0.1, 0.15) is 17.3 Å². The summed E-state index contributed by atoms with van der Waals surface area (Å²) < 4.78 is 23.4. The molecule has 2 aromatic rings. The molecule has 5 nitrogen and oxygen atoms in total. The van der Waals surface area contributed by atoms with Crippen LogP contribution in [-0.4, -0.2) is 25.1 Å². The Labute approximate surface area is 146 Å². The highest BCUT2D eigenvalue weighted by molar-refractivity contribution is 9.10. The Hall–Kier alpha value is -2.41. The number of rotatable bonds is 5. The van der Waals surface area contributed by atoms with Gasteiger partial charge in [0.25, 0.3) is 5.91 Å². The van der Waals surface area contributed by atoms with Crippen LogP contribution in [0.4, 0.5) is 10.1 Å². The van der Waals surface area contributed by atoms with Crippen molar-refractivity contribution in [2.45, 2.75) is 13.0 Å². The van der Waals surface area contributed by atoms with Gasteiger partial charge in [-0.3, -0.25) is 4.79 Å². The van der Waals surface area contributed by atoms with Gasteiger partial charge in [0.2, 0.25) is 0 Å². The van der Waals surface area contributed by atoms with Gasteiger partial charge in [-0.05, 0) is 65.3 Å². The van der Waals surface area contributed by atoms with Crippen molar-refractivity contribution in [1.29, 1.82) is 0 Å². The van der Waals surface area contributed by atoms with Crippen molar-refractivity contribution >= 4 is 33.5 Å². The Balaban J connectivity index is 1.98. The number of halogens is 2. The molecule has 0 aliphatic carbocycles. The Kier molecular flexibility index (Phi) is 5.92. The minimum Gasteiger partial charge on any atom is -0.497 e. The maximum absolute atomic E-state index is 13.0. The fourth-order valence-electron chi connectivity index (χ4n) is 1.85. The van der Waals surface area contributed by atoms with E-state index in [-0.39, 0.29) is 10.0 Å². The summed E-state index contributed by atoms with van der Waals surface area (Å²) in [6, 6.07) is 10.3. The average molecular weight is 396 g/mol. The number of benzene rings is 2. The van der Waals surface area contributed by atoms with Gasteiger partial charge >= 0.3 is 5.97 Å². The number of esters is 1. The van der Waals surface area contributed by atoms with E-state index in [1.165, 1.54) is 13.0 Å². The molecule has 0 aliphatic rings. The zero-order valence-corrected chi connectivity index (χ0v) is 14.6. The monoisotopic (exact) mass is 395 g/mol. The van der Waals surface area contributed by atoms with Crippen LogP contribution in [-0.2, 0) is 9.53 Å². The molecule has 2 aromatic carbocycles. The Morgan fingerprint density at radius 2 is 1.83 bits per heavy atom. The summed E-state index contributed by atoms with van der Waals surface area (Å²) in [4.78, 5) is 24.1. The lowest BCUT2D eigenvalue weighted by atomic mass is 10.2. The smallest absolute Gasteiger partial charge is 0.340 e. The molecule has 0 radical (unpaired) electrons. The second-order valence-electron chi connectivity index (χ2n) is 4.89. The molecule has 0 aromatic heterocycles. The minimum atomic E-state index is -1.02. The van der Waals surface area contributed by atoms with Crippen molar-refractivity contribution < 1.29 is 23.5 Å². The molecule has 0 bridgehead atoms. The van der Waals surface area contributed by atoms with Crippen molar-refractivity contribution in [3.8, 4) is 5.75 Å². The van der Waals surface area contributed by atoms with Gasteiger partial charge < -0.3 is 14.8 Å². The molecule has 7 heteroatoms. The Bertz CT molecular complexity index is 749. The first-order valence-electron chi connectivity index (χ1n) is 7.01. The van der Waals surface area contributed by atoms with Crippen molar-refractivity contribution in [2.24, 2.45) is 0 Å². The highest BCUT2D eigenvalue weighted by Gasteiger charge is 2.20. The van der Waals surface area contributed by atoms with Crippen LogP contribution < -0.4 is 10.1 Å². The highest BCUT2D eigenvalue weighted by atomic mass is 79.9. The van der Waals surface area contributed by atoms with Crippen LogP contribution in [0.25, 0.3) is 0 Å². The Morgan fingerprint density at radius 1 is 1.17 bits per heavy atom. The molecule has 0 saturated heterocycles. The zero-order valence-electron chi connectivity index (χ0n) is 13.0. The van der Waals surface area contributed by atoms with E-state index in [1.54, 1.807) is 31.4 Å². The first-order chi connectivity index (χ1) is 11.4. The van der Waals surface area contributed by atoms with Crippen molar-refractivity contribution in [1.82, 2.24) is 0 Å².